The van der Waals surface area contributed by atoms with Crippen LogP contribution >= 0.6 is 27.3 Å². The first-order valence-corrected chi connectivity index (χ1v) is 4.48. The molecule has 1 heterocycles. The lowest BCUT2D eigenvalue weighted by molar-refractivity contribution is 0.0542. The Morgan fingerprint density at radius 2 is 2.55 bits per heavy atom. The monoisotopic (exact) mass is 235 g/mol. The molecule has 60 valence electrons. The molecule has 0 aliphatic carbocycles. The van der Waals surface area contributed by atoms with Gasteiger partial charge in [-0.15, -0.1) is 11.3 Å². The maximum Gasteiger partial charge on any atom is 0.284 e. The van der Waals surface area contributed by atoms with Crippen molar-refractivity contribution < 1.29 is 9.63 Å². The summed E-state index contributed by atoms with van der Waals surface area (Å²) in [7, 11) is 1.40. The molecule has 0 atom stereocenters. The van der Waals surface area contributed by atoms with Gasteiger partial charge in [-0.05, 0) is 22.0 Å². The summed E-state index contributed by atoms with van der Waals surface area (Å²) >= 11 is 4.60. The first-order valence-electron chi connectivity index (χ1n) is 2.81. The number of hydrogen-bond donors (Lipinski definition) is 1. The molecule has 0 unspecified atom stereocenters. The third-order valence-electron chi connectivity index (χ3n) is 0.986. The van der Waals surface area contributed by atoms with Crippen LogP contribution in [0.4, 0.5) is 0 Å². The van der Waals surface area contributed by atoms with Crippen LogP contribution in [0, 0.1) is 0 Å². The summed E-state index contributed by atoms with van der Waals surface area (Å²) < 4.78 is 0.906. The van der Waals surface area contributed by atoms with Crippen molar-refractivity contribution in [2.45, 2.75) is 0 Å². The molecule has 0 fully saturated rings. The molecule has 0 saturated heterocycles. The van der Waals surface area contributed by atoms with Gasteiger partial charge in [0.15, 0.2) is 0 Å². The highest BCUT2D eigenvalue weighted by molar-refractivity contribution is 9.10. The summed E-state index contributed by atoms with van der Waals surface area (Å²) in [4.78, 5) is 16.1. The number of carbonyl (C=O) groups excluding carboxylic acids is 1. The Balaban J connectivity index is 2.69. The molecule has 11 heavy (non-hydrogen) atoms. The van der Waals surface area contributed by atoms with Crippen LogP contribution in [0.1, 0.15) is 9.67 Å². The van der Waals surface area contributed by atoms with Crippen molar-refractivity contribution in [3.8, 4) is 0 Å². The van der Waals surface area contributed by atoms with Crippen molar-refractivity contribution in [3.63, 3.8) is 0 Å². The molecule has 0 aliphatic heterocycles. The molecular weight excluding hydrogens is 230 g/mol. The molecule has 0 aliphatic rings. The molecule has 1 aromatic rings. The minimum absolute atomic E-state index is 0.219. The second kappa shape index (κ2) is 3.85. The molecule has 0 spiro atoms. The quantitative estimate of drug-likeness (QED) is 0.795. The lowest BCUT2D eigenvalue weighted by atomic mass is 10.5. The highest BCUT2D eigenvalue weighted by atomic mass is 79.9. The molecule has 0 saturated carbocycles. The molecule has 5 heteroatoms. The van der Waals surface area contributed by atoms with E-state index in [0.29, 0.717) is 4.88 Å². The van der Waals surface area contributed by atoms with Crippen LogP contribution in [-0.2, 0) is 4.84 Å². The van der Waals surface area contributed by atoms with E-state index < -0.39 is 0 Å². The van der Waals surface area contributed by atoms with E-state index in [2.05, 4.69) is 26.2 Å². The second-order valence-electron chi connectivity index (χ2n) is 1.76. The van der Waals surface area contributed by atoms with E-state index in [1.54, 1.807) is 6.07 Å². The zero-order valence-electron chi connectivity index (χ0n) is 5.76. The standard InChI is InChI=1S/C6H6BrNO2S/c1-10-8-6(9)5-2-4(7)3-11-5/h2-3H,1H3,(H,8,9). The van der Waals surface area contributed by atoms with Crippen molar-refractivity contribution in [1.29, 1.82) is 0 Å². The second-order valence-corrected chi connectivity index (χ2v) is 3.59. The lowest BCUT2D eigenvalue weighted by Gasteiger charge is -1.96. The SMILES string of the molecule is CONC(=O)c1cc(Br)cs1. The van der Waals surface area contributed by atoms with Gasteiger partial charge in [-0.25, -0.2) is 5.48 Å². The minimum atomic E-state index is -0.219. The van der Waals surface area contributed by atoms with Gasteiger partial charge in [0.2, 0.25) is 0 Å². The van der Waals surface area contributed by atoms with Gasteiger partial charge in [-0.3, -0.25) is 9.63 Å². The minimum Gasteiger partial charge on any atom is -0.277 e. The number of hydroxylamine groups is 1. The Morgan fingerprint density at radius 1 is 1.82 bits per heavy atom. The Hall–Kier alpha value is -0.390. The molecule has 1 rings (SSSR count). The van der Waals surface area contributed by atoms with Crippen LogP contribution in [0.5, 0.6) is 0 Å². The van der Waals surface area contributed by atoms with E-state index in [-0.39, 0.29) is 5.91 Å². The first kappa shape index (κ1) is 8.70. The molecule has 0 bridgehead atoms. The molecule has 1 aromatic heterocycles. The molecule has 1 N–H and O–H groups in total. The van der Waals surface area contributed by atoms with Gasteiger partial charge in [0, 0.05) is 9.85 Å². The summed E-state index contributed by atoms with van der Waals surface area (Å²) in [6.07, 6.45) is 0. The van der Waals surface area contributed by atoms with E-state index >= 15 is 0 Å². The molecule has 3 nitrogen and oxygen atoms in total. The van der Waals surface area contributed by atoms with Crippen molar-refractivity contribution in [3.05, 3.63) is 20.8 Å². The molecular formula is C6H6BrNO2S. The van der Waals surface area contributed by atoms with Crippen molar-refractivity contribution >= 4 is 33.2 Å². The highest BCUT2D eigenvalue weighted by Crippen LogP contribution is 2.19. The Bertz CT molecular complexity index is 261. The fraction of sp³-hybridized carbons (Fsp3) is 0.167. The van der Waals surface area contributed by atoms with Crippen molar-refractivity contribution in [2.75, 3.05) is 7.11 Å². The predicted octanol–water partition coefficient (Wildman–Crippen LogP) is 1.80. The molecule has 0 aromatic carbocycles. The molecule has 1 amide bonds. The summed E-state index contributed by atoms with van der Waals surface area (Å²) in [5.41, 5.74) is 2.23. The van der Waals surface area contributed by atoms with E-state index in [4.69, 9.17) is 0 Å². The van der Waals surface area contributed by atoms with Gasteiger partial charge in [-0.1, -0.05) is 0 Å². The van der Waals surface area contributed by atoms with Gasteiger partial charge in [-0.2, -0.15) is 0 Å². The zero-order chi connectivity index (χ0) is 8.27. The van der Waals surface area contributed by atoms with Crippen LogP contribution in [0.3, 0.4) is 0 Å². The maximum atomic E-state index is 11.0. The average Bonchev–Trinajstić information content (AvgIpc) is 2.36. The zero-order valence-corrected chi connectivity index (χ0v) is 8.16. The normalized spacial score (nSPS) is 9.64. The first-order chi connectivity index (χ1) is 5.24. The number of thiophene rings is 1. The maximum absolute atomic E-state index is 11.0. The van der Waals surface area contributed by atoms with E-state index in [1.807, 2.05) is 5.38 Å². The van der Waals surface area contributed by atoms with E-state index in [9.17, 15) is 4.79 Å². The summed E-state index contributed by atoms with van der Waals surface area (Å²) in [5.74, 6) is -0.219. The van der Waals surface area contributed by atoms with E-state index in [1.165, 1.54) is 18.4 Å². The van der Waals surface area contributed by atoms with Crippen LogP contribution in [-0.4, -0.2) is 13.0 Å². The van der Waals surface area contributed by atoms with Gasteiger partial charge >= 0.3 is 0 Å². The number of nitrogens with one attached hydrogen (secondary N) is 1. The summed E-state index contributed by atoms with van der Waals surface area (Å²) in [6, 6.07) is 1.74. The van der Waals surface area contributed by atoms with Gasteiger partial charge in [0.05, 0.1) is 12.0 Å². The predicted molar refractivity (Wildman–Crippen MR) is 46.5 cm³/mol. The number of amides is 1. The van der Waals surface area contributed by atoms with Crippen LogP contribution < -0.4 is 5.48 Å². The van der Waals surface area contributed by atoms with Crippen molar-refractivity contribution in [1.82, 2.24) is 5.48 Å². The fourth-order valence-corrected chi connectivity index (χ4v) is 1.89. The number of hydrogen-bond acceptors (Lipinski definition) is 3. The fourth-order valence-electron chi connectivity index (χ4n) is 0.575. The Morgan fingerprint density at radius 3 is 3.00 bits per heavy atom. The van der Waals surface area contributed by atoms with Gasteiger partial charge in [0.1, 0.15) is 0 Å². The van der Waals surface area contributed by atoms with Crippen LogP contribution in [0.15, 0.2) is 15.9 Å². The van der Waals surface area contributed by atoms with Gasteiger partial charge in [0.25, 0.3) is 5.91 Å². The van der Waals surface area contributed by atoms with Crippen molar-refractivity contribution in [2.24, 2.45) is 0 Å². The van der Waals surface area contributed by atoms with E-state index in [0.717, 1.165) is 4.47 Å². The molecule has 0 radical (unpaired) electrons. The number of carbonyl (C=O) groups is 1. The average molecular weight is 236 g/mol. The Kier molecular flexibility index (Phi) is 3.04. The third kappa shape index (κ3) is 2.28. The number of rotatable bonds is 2. The largest absolute Gasteiger partial charge is 0.284 e. The number of halogens is 1. The highest BCUT2D eigenvalue weighted by Gasteiger charge is 2.06. The smallest absolute Gasteiger partial charge is 0.277 e. The summed E-state index contributed by atoms with van der Waals surface area (Å²) in [5, 5.41) is 1.84. The summed E-state index contributed by atoms with van der Waals surface area (Å²) in [6.45, 7) is 0. The van der Waals surface area contributed by atoms with Crippen LogP contribution in [0.2, 0.25) is 0 Å². The van der Waals surface area contributed by atoms with Crippen LogP contribution in [0.25, 0.3) is 0 Å². The lowest BCUT2D eigenvalue weighted by Crippen LogP contribution is -2.20. The third-order valence-corrected chi connectivity index (χ3v) is 2.68. The topological polar surface area (TPSA) is 38.3 Å². The van der Waals surface area contributed by atoms with Gasteiger partial charge < -0.3 is 0 Å². The Labute approximate surface area is 76.4 Å².